The van der Waals surface area contributed by atoms with E-state index in [4.69, 9.17) is 9.84 Å². The molecule has 0 amide bonds. The van der Waals surface area contributed by atoms with Crippen LogP contribution >= 0.6 is 0 Å². The molecule has 0 aliphatic heterocycles. The summed E-state index contributed by atoms with van der Waals surface area (Å²) in [5.41, 5.74) is 6.05. The molecule has 0 spiro atoms. The molecule has 0 radical (unpaired) electrons. The van der Waals surface area contributed by atoms with Gasteiger partial charge in [0.15, 0.2) is 0 Å². The second-order valence-electron chi connectivity index (χ2n) is 5.87. The van der Waals surface area contributed by atoms with Crippen molar-refractivity contribution in [2.75, 3.05) is 0 Å². The first-order chi connectivity index (χ1) is 10.6. The summed E-state index contributed by atoms with van der Waals surface area (Å²) in [5.74, 6) is 0.187. The molecule has 0 saturated heterocycles. The van der Waals surface area contributed by atoms with Crippen LogP contribution in [0.5, 0.6) is 5.75 Å². The summed E-state index contributed by atoms with van der Waals surface area (Å²) in [4.78, 5) is 10.7. The quantitative estimate of drug-likeness (QED) is 0.915. The highest BCUT2D eigenvalue weighted by Gasteiger charge is 2.17. The molecular weight excluding hydrogens is 276 g/mol. The number of hydrogen-bond acceptors (Lipinski definition) is 2. The summed E-state index contributed by atoms with van der Waals surface area (Å²) >= 11 is 0. The number of carboxylic acid groups (broad SMARTS) is 1. The largest absolute Gasteiger partial charge is 0.489 e. The number of carbonyl (C=O) groups is 1. The van der Waals surface area contributed by atoms with Crippen LogP contribution in [0.25, 0.3) is 0 Å². The third-order valence-corrected chi connectivity index (χ3v) is 4.25. The molecule has 3 nitrogen and oxygen atoms in total. The Kier molecular flexibility index (Phi) is 4.14. The topological polar surface area (TPSA) is 46.5 Å². The fourth-order valence-corrected chi connectivity index (χ4v) is 3.08. The minimum Gasteiger partial charge on any atom is -0.489 e. The Hall–Kier alpha value is -2.29. The van der Waals surface area contributed by atoms with E-state index >= 15 is 0 Å². The van der Waals surface area contributed by atoms with E-state index in [0.29, 0.717) is 6.61 Å². The minimum atomic E-state index is -0.806. The van der Waals surface area contributed by atoms with Gasteiger partial charge in [0.2, 0.25) is 0 Å². The molecule has 2 aromatic carbocycles. The number of rotatable bonds is 5. The minimum absolute atomic E-state index is 0.0621. The van der Waals surface area contributed by atoms with Gasteiger partial charge < -0.3 is 9.84 Å². The van der Waals surface area contributed by atoms with Crippen molar-refractivity contribution in [3.63, 3.8) is 0 Å². The van der Waals surface area contributed by atoms with Gasteiger partial charge in [0, 0.05) is 0 Å². The molecule has 0 aromatic heterocycles. The number of benzene rings is 2. The van der Waals surface area contributed by atoms with Crippen LogP contribution in [-0.4, -0.2) is 11.1 Å². The van der Waals surface area contributed by atoms with Crippen molar-refractivity contribution in [1.82, 2.24) is 0 Å². The van der Waals surface area contributed by atoms with Crippen LogP contribution in [0.15, 0.2) is 36.4 Å². The lowest BCUT2D eigenvalue weighted by atomic mass is 10.0. The van der Waals surface area contributed by atoms with Crippen molar-refractivity contribution < 1.29 is 14.6 Å². The highest BCUT2D eigenvalue weighted by molar-refractivity contribution is 5.70. The van der Waals surface area contributed by atoms with E-state index in [0.717, 1.165) is 29.7 Å². The van der Waals surface area contributed by atoms with Crippen LogP contribution in [0.1, 0.15) is 34.2 Å². The smallest absolute Gasteiger partial charge is 0.307 e. The van der Waals surface area contributed by atoms with Gasteiger partial charge in [-0.15, -0.1) is 0 Å². The Bertz CT molecular complexity index is 687. The summed E-state index contributed by atoms with van der Waals surface area (Å²) in [7, 11) is 0. The Balaban J connectivity index is 1.68. The SMILES string of the molecule is Cc1ccc(OCc2ccc(CC(=O)O)cc2)c2c1CCC2. The molecule has 0 fully saturated rings. The van der Waals surface area contributed by atoms with E-state index in [1.807, 2.05) is 24.3 Å². The standard InChI is InChI=1S/C19H20O3/c1-13-5-10-18(17-4-2-3-16(13)17)22-12-15-8-6-14(7-9-15)11-19(20)21/h5-10H,2-4,11-12H2,1H3,(H,20,21). The van der Waals surface area contributed by atoms with Gasteiger partial charge in [-0.1, -0.05) is 30.3 Å². The molecule has 0 atom stereocenters. The van der Waals surface area contributed by atoms with Crippen molar-refractivity contribution in [3.05, 3.63) is 64.2 Å². The Morgan fingerprint density at radius 1 is 1.05 bits per heavy atom. The average molecular weight is 296 g/mol. The van der Waals surface area contributed by atoms with Gasteiger partial charge in [-0.3, -0.25) is 4.79 Å². The van der Waals surface area contributed by atoms with Crippen molar-refractivity contribution >= 4 is 5.97 Å². The lowest BCUT2D eigenvalue weighted by Gasteiger charge is -2.13. The lowest BCUT2D eigenvalue weighted by Crippen LogP contribution is -2.02. The molecule has 3 heteroatoms. The normalized spacial score (nSPS) is 13.0. The first-order valence-electron chi connectivity index (χ1n) is 7.67. The van der Waals surface area contributed by atoms with Crippen molar-refractivity contribution in [2.45, 2.75) is 39.2 Å². The molecular formula is C19H20O3. The van der Waals surface area contributed by atoms with Crippen LogP contribution in [0, 0.1) is 6.92 Å². The van der Waals surface area contributed by atoms with E-state index in [2.05, 4.69) is 19.1 Å². The predicted molar refractivity (Wildman–Crippen MR) is 85.3 cm³/mol. The number of hydrogen-bond donors (Lipinski definition) is 1. The zero-order valence-corrected chi connectivity index (χ0v) is 12.8. The predicted octanol–water partition coefficient (Wildman–Crippen LogP) is 3.69. The van der Waals surface area contributed by atoms with Crippen LogP contribution in [0.2, 0.25) is 0 Å². The van der Waals surface area contributed by atoms with Crippen molar-refractivity contribution in [1.29, 1.82) is 0 Å². The van der Waals surface area contributed by atoms with E-state index in [1.54, 1.807) is 0 Å². The maximum absolute atomic E-state index is 10.7. The number of ether oxygens (including phenoxy) is 1. The first kappa shape index (κ1) is 14.6. The highest BCUT2D eigenvalue weighted by atomic mass is 16.5. The van der Waals surface area contributed by atoms with Gasteiger partial charge >= 0.3 is 5.97 Å². The molecule has 0 bridgehead atoms. The second kappa shape index (κ2) is 6.22. The molecule has 3 rings (SSSR count). The monoisotopic (exact) mass is 296 g/mol. The number of fused-ring (bicyclic) bond motifs is 1. The highest BCUT2D eigenvalue weighted by Crippen LogP contribution is 2.33. The Morgan fingerprint density at radius 3 is 2.45 bits per heavy atom. The van der Waals surface area contributed by atoms with Crippen LogP contribution in [-0.2, 0) is 30.7 Å². The molecule has 0 saturated carbocycles. The molecule has 22 heavy (non-hydrogen) atoms. The molecule has 1 aliphatic carbocycles. The van der Waals surface area contributed by atoms with Gasteiger partial charge in [-0.2, -0.15) is 0 Å². The van der Waals surface area contributed by atoms with Gasteiger partial charge in [0.1, 0.15) is 12.4 Å². The van der Waals surface area contributed by atoms with Gasteiger partial charge in [-0.05, 0) is 60.1 Å². The van der Waals surface area contributed by atoms with Crippen molar-refractivity contribution in [2.24, 2.45) is 0 Å². The summed E-state index contributed by atoms with van der Waals surface area (Å²) in [6, 6.07) is 11.8. The average Bonchev–Trinajstić information content (AvgIpc) is 2.98. The zero-order chi connectivity index (χ0) is 15.5. The molecule has 0 heterocycles. The third kappa shape index (κ3) is 3.14. The first-order valence-corrected chi connectivity index (χ1v) is 7.67. The summed E-state index contributed by atoms with van der Waals surface area (Å²) in [6.07, 6.45) is 3.53. The maximum Gasteiger partial charge on any atom is 0.307 e. The number of carboxylic acids is 1. The van der Waals surface area contributed by atoms with Gasteiger partial charge in [0.05, 0.1) is 6.42 Å². The molecule has 114 valence electrons. The van der Waals surface area contributed by atoms with Crippen molar-refractivity contribution in [3.8, 4) is 5.75 Å². The van der Waals surface area contributed by atoms with E-state index in [-0.39, 0.29) is 6.42 Å². The summed E-state index contributed by atoms with van der Waals surface area (Å²) in [6.45, 7) is 2.68. The lowest BCUT2D eigenvalue weighted by molar-refractivity contribution is -0.136. The van der Waals surface area contributed by atoms with Gasteiger partial charge in [0.25, 0.3) is 0 Å². The summed E-state index contributed by atoms with van der Waals surface area (Å²) < 4.78 is 5.99. The van der Waals surface area contributed by atoms with Gasteiger partial charge in [-0.25, -0.2) is 0 Å². The van der Waals surface area contributed by atoms with E-state index in [9.17, 15) is 4.79 Å². The summed E-state index contributed by atoms with van der Waals surface area (Å²) in [5, 5.41) is 8.78. The molecule has 1 aliphatic rings. The van der Waals surface area contributed by atoms with E-state index in [1.165, 1.54) is 23.1 Å². The fourth-order valence-electron chi connectivity index (χ4n) is 3.08. The number of aryl methyl sites for hydroxylation is 1. The molecule has 0 unspecified atom stereocenters. The molecule has 1 N–H and O–H groups in total. The van der Waals surface area contributed by atoms with Crippen LogP contribution in [0.4, 0.5) is 0 Å². The molecule has 2 aromatic rings. The van der Waals surface area contributed by atoms with Crippen LogP contribution < -0.4 is 4.74 Å². The Labute approximate surface area is 130 Å². The fraction of sp³-hybridized carbons (Fsp3) is 0.316. The zero-order valence-electron chi connectivity index (χ0n) is 12.8. The van der Waals surface area contributed by atoms with Crippen LogP contribution in [0.3, 0.4) is 0 Å². The maximum atomic E-state index is 10.7. The second-order valence-corrected chi connectivity index (χ2v) is 5.87. The number of aliphatic carboxylic acids is 1. The Morgan fingerprint density at radius 2 is 1.73 bits per heavy atom. The van der Waals surface area contributed by atoms with E-state index < -0.39 is 5.97 Å². The third-order valence-electron chi connectivity index (χ3n) is 4.25.